The second-order valence-electron chi connectivity index (χ2n) is 14.2. The molecule has 10 aromatic rings. The van der Waals surface area contributed by atoms with Gasteiger partial charge in [0.15, 0.2) is 0 Å². The summed E-state index contributed by atoms with van der Waals surface area (Å²) in [6, 6.07) is 66.0. The van der Waals surface area contributed by atoms with E-state index in [1.165, 1.54) is 64.5 Å². The Bertz CT molecular complexity index is 2980. The lowest BCUT2D eigenvalue weighted by molar-refractivity contribution is 0.666. The molecule has 2 aromatic heterocycles. The molecule has 0 unspecified atom stereocenters. The van der Waals surface area contributed by atoms with Crippen LogP contribution >= 0.6 is 11.3 Å². The highest BCUT2D eigenvalue weighted by molar-refractivity contribution is 7.26. The van der Waals surface area contributed by atoms with Gasteiger partial charge in [-0.2, -0.15) is 0 Å². The molecule has 0 radical (unpaired) electrons. The van der Waals surface area contributed by atoms with Crippen LogP contribution in [0, 0.1) is 0 Å². The van der Waals surface area contributed by atoms with E-state index in [9.17, 15) is 0 Å². The summed E-state index contributed by atoms with van der Waals surface area (Å²) >= 11 is 1.85. The third kappa shape index (κ3) is 4.44. The zero-order valence-corrected chi connectivity index (χ0v) is 29.9. The first-order valence-corrected chi connectivity index (χ1v) is 19.0. The molecule has 0 saturated heterocycles. The van der Waals surface area contributed by atoms with Crippen LogP contribution in [0.2, 0.25) is 0 Å². The molecule has 0 fully saturated rings. The Morgan fingerprint density at radius 2 is 1.09 bits per heavy atom. The van der Waals surface area contributed by atoms with Gasteiger partial charge in [0.1, 0.15) is 11.2 Å². The van der Waals surface area contributed by atoms with Gasteiger partial charge in [0, 0.05) is 49.1 Å². The van der Waals surface area contributed by atoms with E-state index in [0.717, 1.165) is 33.6 Å². The minimum atomic E-state index is -0.328. The molecular formula is C50H33NOS. The van der Waals surface area contributed by atoms with Crippen molar-refractivity contribution in [1.82, 2.24) is 0 Å². The van der Waals surface area contributed by atoms with Crippen molar-refractivity contribution in [3.8, 4) is 22.3 Å². The predicted molar refractivity (Wildman–Crippen MR) is 224 cm³/mol. The van der Waals surface area contributed by atoms with Crippen LogP contribution in [0.15, 0.2) is 186 Å². The first kappa shape index (κ1) is 30.2. The molecule has 2 heterocycles. The Morgan fingerprint density at radius 3 is 1.89 bits per heavy atom. The molecular weight excluding hydrogens is 663 g/mol. The van der Waals surface area contributed by atoms with Crippen LogP contribution in [0.5, 0.6) is 0 Å². The van der Waals surface area contributed by atoms with Gasteiger partial charge < -0.3 is 9.32 Å². The molecule has 11 rings (SSSR count). The van der Waals surface area contributed by atoms with E-state index in [1.54, 1.807) is 0 Å². The van der Waals surface area contributed by atoms with E-state index in [0.29, 0.717) is 0 Å². The molecule has 0 bridgehead atoms. The van der Waals surface area contributed by atoms with E-state index < -0.39 is 0 Å². The topological polar surface area (TPSA) is 16.4 Å². The average molecular weight is 696 g/mol. The number of rotatable bonds is 5. The summed E-state index contributed by atoms with van der Waals surface area (Å²) in [7, 11) is 0. The second-order valence-corrected chi connectivity index (χ2v) is 15.2. The van der Waals surface area contributed by atoms with E-state index in [4.69, 9.17) is 4.42 Å². The summed E-state index contributed by atoms with van der Waals surface area (Å²) in [5.41, 5.74) is 13.7. The number of thiophene rings is 1. The van der Waals surface area contributed by atoms with Crippen LogP contribution in [-0.2, 0) is 5.41 Å². The van der Waals surface area contributed by atoms with Gasteiger partial charge in [-0.3, -0.25) is 0 Å². The Balaban J connectivity index is 1.12. The Kier molecular flexibility index (Phi) is 6.58. The first-order chi connectivity index (χ1) is 26.2. The van der Waals surface area contributed by atoms with Crippen molar-refractivity contribution in [2.45, 2.75) is 12.3 Å². The van der Waals surface area contributed by atoms with Gasteiger partial charge in [-0.15, -0.1) is 11.3 Å². The second kappa shape index (κ2) is 11.5. The molecule has 2 nitrogen and oxygen atoms in total. The van der Waals surface area contributed by atoms with Gasteiger partial charge in [-0.25, -0.2) is 0 Å². The van der Waals surface area contributed by atoms with Gasteiger partial charge >= 0.3 is 0 Å². The summed E-state index contributed by atoms with van der Waals surface area (Å²) in [6.07, 6.45) is 0. The van der Waals surface area contributed by atoms with E-state index in [1.807, 2.05) is 11.3 Å². The Labute approximate surface area is 311 Å². The molecule has 1 aliphatic carbocycles. The summed E-state index contributed by atoms with van der Waals surface area (Å²) < 4.78 is 9.38. The van der Waals surface area contributed by atoms with Crippen molar-refractivity contribution in [1.29, 1.82) is 0 Å². The van der Waals surface area contributed by atoms with Crippen molar-refractivity contribution in [2.75, 3.05) is 4.90 Å². The molecule has 8 aromatic carbocycles. The highest BCUT2D eigenvalue weighted by Gasteiger charge is 2.42. The quantitative estimate of drug-likeness (QED) is 0.178. The highest BCUT2D eigenvalue weighted by Crippen LogP contribution is 2.55. The van der Waals surface area contributed by atoms with Crippen LogP contribution < -0.4 is 4.90 Å². The van der Waals surface area contributed by atoms with Gasteiger partial charge in [-0.1, -0.05) is 133 Å². The van der Waals surface area contributed by atoms with Crippen molar-refractivity contribution in [3.05, 3.63) is 199 Å². The van der Waals surface area contributed by atoms with Crippen LogP contribution in [0.3, 0.4) is 0 Å². The van der Waals surface area contributed by atoms with E-state index >= 15 is 0 Å². The maximum absolute atomic E-state index is 6.82. The number of nitrogens with zero attached hydrogens (tertiary/aromatic N) is 1. The number of furan rings is 1. The molecule has 0 atom stereocenters. The Hall–Kier alpha value is -6.42. The molecule has 3 heteroatoms. The van der Waals surface area contributed by atoms with Crippen molar-refractivity contribution >= 4 is 70.5 Å². The van der Waals surface area contributed by atoms with Crippen molar-refractivity contribution in [3.63, 3.8) is 0 Å². The fourth-order valence-electron chi connectivity index (χ4n) is 8.88. The fourth-order valence-corrected chi connectivity index (χ4v) is 10.1. The normalized spacial score (nSPS) is 13.2. The summed E-state index contributed by atoms with van der Waals surface area (Å²) in [4.78, 5) is 2.39. The minimum Gasteiger partial charge on any atom is -0.456 e. The lowest BCUT2D eigenvalue weighted by Gasteiger charge is -2.29. The van der Waals surface area contributed by atoms with Crippen molar-refractivity contribution in [2.24, 2.45) is 0 Å². The molecule has 0 aliphatic heterocycles. The summed E-state index contributed by atoms with van der Waals surface area (Å²) in [6.45, 7) is 2.38. The molecule has 0 spiro atoms. The van der Waals surface area contributed by atoms with Crippen LogP contribution in [-0.4, -0.2) is 0 Å². The van der Waals surface area contributed by atoms with Crippen LogP contribution in [0.25, 0.3) is 64.4 Å². The number of fused-ring (bicyclic) bond motifs is 9. The number of hydrogen-bond donors (Lipinski definition) is 0. The summed E-state index contributed by atoms with van der Waals surface area (Å²) in [5, 5.41) is 4.86. The highest BCUT2D eigenvalue weighted by atomic mass is 32.1. The van der Waals surface area contributed by atoms with Gasteiger partial charge in [0.05, 0.1) is 10.4 Å². The largest absolute Gasteiger partial charge is 0.456 e. The number of anilines is 3. The number of hydrogen-bond acceptors (Lipinski definition) is 3. The molecule has 0 saturated carbocycles. The molecule has 1 aliphatic rings. The minimum absolute atomic E-state index is 0.328. The molecule has 0 N–H and O–H groups in total. The van der Waals surface area contributed by atoms with Crippen LogP contribution in [0.1, 0.15) is 23.6 Å². The zero-order chi connectivity index (χ0) is 35.1. The van der Waals surface area contributed by atoms with Crippen LogP contribution in [0.4, 0.5) is 17.1 Å². The Morgan fingerprint density at radius 1 is 0.472 bits per heavy atom. The SMILES string of the molecule is CC1(c2cccc3oc4cc(N(c5ccc(-c6ccccc6)cc5)c5cccc6c5sc5ccccc56)ccc4c23)c2ccccc2-c2ccccc21. The fraction of sp³-hybridized carbons (Fsp3) is 0.0400. The first-order valence-electron chi connectivity index (χ1n) is 18.2. The standard InChI is InChI=1S/C50H33NOS/c1-50(41-19-8-5-15-36(41)37-16-6-9-20-42(37)50)43-21-12-23-45-48(43)40-30-29-35(31-46(40)52-45)51(34-27-25-33(26-28-34)32-13-3-2-4-14-32)44-22-11-18-39-38-17-7-10-24-47(38)53-49(39)44/h2-31H,1H3. The van der Waals surface area contributed by atoms with Gasteiger partial charge in [-0.05, 0) is 88.3 Å². The monoisotopic (exact) mass is 695 g/mol. The lowest BCUT2D eigenvalue weighted by atomic mass is 9.73. The summed E-state index contributed by atoms with van der Waals surface area (Å²) in [5.74, 6) is 0. The maximum Gasteiger partial charge on any atom is 0.137 e. The van der Waals surface area contributed by atoms with Crippen molar-refractivity contribution < 1.29 is 4.42 Å². The average Bonchev–Trinajstić information content (AvgIpc) is 3.87. The van der Waals surface area contributed by atoms with Gasteiger partial charge in [0.25, 0.3) is 0 Å². The third-order valence-electron chi connectivity index (χ3n) is 11.4. The van der Waals surface area contributed by atoms with Gasteiger partial charge in [0.2, 0.25) is 0 Å². The molecule has 0 amide bonds. The zero-order valence-electron chi connectivity index (χ0n) is 29.1. The smallest absolute Gasteiger partial charge is 0.137 e. The lowest BCUT2D eigenvalue weighted by Crippen LogP contribution is -2.22. The van der Waals surface area contributed by atoms with E-state index in [-0.39, 0.29) is 5.41 Å². The third-order valence-corrected chi connectivity index (χ3v) is 12.6. The molecule has 250 valence electrons. The molecule has 53 heavy (non-hydrogen) atoms. The van der Waals surface area contributed by atoms with E-state index in [2.05, 4.69) is 194 Å². The maximum atomic E-state index is 6.82. The number of benzene rings is 8. The predicted octanol–water partition coefficient (Wildman–Crippen LogP) is 14.4.